The van der Waals surface area contributed by atoms with Crippen LogP contribution in [0, 0.1) is 0 Å². The van der Waals surface area contributed by atoms with Crippen LogP contribution in [-0.2, 0) is 6.54 Å². The van der Waals surface area contributed by atoms with Gasteiger partial charge >= 0.3 is 0 Å². The van der Waals surface area contributed by atoms with Gasteiger partial charge in [0, 0.05) is 18.0 Å². The number of nitrogens with one attached hydrogen (secondary N) is 1. The molecule has 2 heterocycles. The Labute approximate surface area is 124 Å². The summed E-state index contributed by atoms with van der Waals surface area (Å²) in [7, 11) is 0. The van der Waals surface area contributed by atoms with Gasteiger partial charge in [-0.15, -0.1) is 0 Å². The highest BCUT2D eigenvalue weighted by Gasteiger charge is 2.31. The molecule has 0 aliphatic heterocycles. The second kappa shape index (κ2) is 5.73. The zero-order chi connectivity index (χ0) is 14.8. The second-order valence-corrected chi connectivity index (χ2v) is 5.71. The van der Waals surface area contributed by atoms with Crippen molar-refractivity contribution in [2.24, 2.45) is 5.84 Å². The summed E-state index contributed by atoms with van der Waals surface area (Å²) in [6.07, 6.45) is 4.08. The fraction of sp³-hybridized carbons (Fsp3) is 0.467. The second-order valence-electron chi connectivity index (χ2n) is 5.71. The van der Waals surface area contributed by atoms with Crippen LogP contribution in [0.25, 0.3) is 0 Å². The predicted molar refractivity (Wildman–Crippen MR) is 81.8 cm³/mol. The van der Waals surface area contributed by atoms with Crippen LogP contribution in [0.2, 0.25) is 0 Å². The van der Waals surface area contributed by atoms with Gasteiger partial charge in [-0.1, -0.05) is 13.8 Å². The highest BCUT2D eigenvalue weighted by Crippen LogP contribution is 2.33. The fourth-order valence-corrected chi connectivity index (χ4v) is 2.29. The van der Waals surface area contributed by atoms with Crippen molar-refractivity contribution in [3.05, 3.63) is 36.0 Å². The zero-order valence-electron chi connectivity index (χ0n) is 12.4. The number of anilines is 2. The largest absolute Gasteiger partial charge is 0.467 e. The molecule has 0 amide bonds. The number of aromatic nitrogens is 2. The molecule has 6 nitrogen and oxygen atoms in total. The van der Waals surface area contributed by atoms with Gasteiger partial charge in [0.15, 0.2) is 0 Å². The molecule has 2 aromatic rings. The number of nitrogens with zero attached hydrogens (tertiary/aromatic N) is 3. The van der Waals surface area contributed by atoms with Gasteiger partial charge < -0.3 is 14.7 Å². The Morgan fingerprint density at radius 3 is 2.81 bits per heavy atom. The molecule has 0 atom stereocenters. The van der Waals surface area contributed by atoms with Crippen molar-refractivity contribution in [1.29, 1.82) is 0 Å². The molecular weight excluding hydrogens is 266 g/mol. The minimum Gasteiger partial charge on any atom is -0.467 e. The van der Waals surface area contributed by atoms with Crippen molar-refractivity contribution < 1.29 is 4.42 Å². The summed E-state index contributed by atoms with van der Waals surface area (Å²) in [6, 6.07) is 6.32. The van der Waals surface area contributed by atoms with Crippen LogP contribution in [0.1, 0.15) is 44.2 Å². The van der Waals surface area contributed by atoms with Gasteiger partial charge in [0.25, 0.3) is 0 Å². The van der Waals surface area contributed by atoms with Gasteiger partial charge in [0.1, 0.15) is 23.2 Å². The number of hydrogen-bond donors (Lipinski definition) is 2. The van der Waals surface area contributed by atoms with Gasteiger partial charge in [-0.3, -0.25) is 0 Å². The highest BCUT2D eigenvalue weighted by molar-refractivity contribution is 5.50. The number of furan rings is 1. The molecule has 0 aromatic carbocycles. The van der Waals surface area contributed by atoms with E-state index in [4.69, 9.17) is 15.2 Å². The Balaban J connectivity index is 1.92. The first-order chi connectivity index (χ1) is 10.2. The smallest absolute Gasteiger partial charge is 0.145 e. The average molecular weight is 287 g/mol. The summed E-state index contributed by atoms with van der Waals surface area (Å²) in [4.78, 5) is 11.4. The van der Waals surface area contributed by atoms with Crippen LogP contribution in [0.3, 0.4) is 0 Å². The Morgan fingerprint density at radius 1 is 1.43 bits per heavy atom. The molecule has 0 radical (unpaired) electrons. The molecule has 0 bridgehead atoms. The summed E-state index contributed by atoms with van der Waals surface area (Å²) in [5, 5.41) is 0. The van der Waals surface area contributed by atoms with Gasteiger partial charge in [-0.2, -0.15) is 0 Å². The number of hydrazine groups is 1. The predicted octanol–water partition coefficient (Wildman–Crippen LogP) is 2.65. The number of rotatable bonds is 6. The first kappa shape index (κ1) is 13.9. The quantitative estimate of drug-likeness (QED) is 0.628. The number of nitrogen functional groups attached to an aromatic ring is 1. The molecule has 21 heavy (non-hydrogen) atoms. The van der Waals surface area contributed by atoms with E-state index in [2.05, 4.69) is 29.2 Å². The van der Waals surface area contributed by atoms with Crippen LogP contribution in [0.5, 0.6) is 0 Å². The van der Waals surface area contributed by atoms with Gasteiger partial charge in [0.2, 0.25) is 0 Å². The topological polar surface area (TPSA) is 80.2 Å². The monoisotopic (exact) mass is 287 g/mol. The first-order valence-electron chi connectivity index (χ1n) is 7.32. The Bertz CT molecular complexity index is 592. The standard InChI is InChI=1S/C15H21N5O/c1-10(2)15-17-13(19-16)8-14(18-15)20(11-5-6-11)9-12-4-3-7-21-12/h3-4,7-8,10-11H,5-6,9,16H2,1-2H3,(H,17,18,19). The van der Waals surface area contributed by atoms with Crippen LogP contribution in [0.15, 0.2) is 28.9 Å². The summed E-state index contributed by atoms with van der Waals surface area (Å²) in [5.41, 5.74) is 2.63. The normalized spacial score (nSPS) is 14.5. The average Bonchev–Trinajstić information content (AvgIpc) is 3.20. The van der Waals surface area contributed by atoms with Gasteiger partial charge in [-0.25, -0.2) is 15.8 Å². The van der Waals surface area contributed by atoms with Crippen LogP contribution in [-0.4, -0.2) is 16.0 Å². The maximum atomic E-state index is 5.54. The van der Waals surface area contributed by atoms with E-state index in [9.17, 15) is 0 Å². The minimum atomic E-state index is 0.252. The molecular formula is C15H21N5O. The van der Waals surface area contributed by atoms with Crippen molar-refractivity contribution in [2.75, 3.05) is 10.3 Å². The van der Waals surface area contributed by atoms with E-state index in [0.29, 0.717) is 11.9 Å². The first-order valence-corrected chi connectivity index (χ1v) is 7.32. The lowest BCUT2D eigenvalue weighted by molar-refractivity contribution is 0.500. The molecule has 1 aliphatic rings. The zero-order valence-corrected chi connectivity index (χ0v) is 12.4. The molecule has 1 saturated carbocycles. The van der Waals surface area contributed by atoms with Gasteiger partial charge in [0.05, 0.1) is 12.8 Å². The molecule has 3 rings (SSSR count). The lowest BCUT2D eigenvalue weighted by Crippen LogP contribution is -2.27. The molecule has 112 valence electrons. The summed E-state index contributed by atoms with van der Waals surface area (Å²) >= 11 is 0. The third kappa shape index (κ3) is 3.16. The van der Waals surface area contributed by atoms with Crippen molar-refractivity contribution in [1.82, 2.24) is 9.97 Å². The summed E-state index contributed by atoms with van der Waals surface area (Å²) < 4.78 is 5.47. The lowest BCUT2D eigenvalue weighted by atomic mass is 10.2. The fourth-order valence-electron chi connectivity index (χ4n) is 2.29. The van der Waals surface area contributed by atoms with Crippen molar-refractivity contribution in [3.63, 3.8) is 0 Å². The molecule has 0 spiro atoms. The molecule has 1 fully saturated rings. The van der Waals surface area contributed by atoms with E-state index in [1.807, 2.05) is 18.2 Å². The number of hydrogen-bond acceptors (Lipinski definition) is 6. The maximum Gasteiger partial charge on any atom is 0.145 e. The molecule has 1 aliphatic carbocycles. The third-order valence-corrected chi connectivity index (χ3v) is 3.58. The van der Waals surface area contributed by atoms with E-state index in [0.717, 1.165) is 23.9 Å². The van der Waals surface area contributed by atoms with Crippen molar-refractivity contribution in [2.45, 2.75) is 45.2 Å². The SMILES string of the molecule is CC(C)c1nc(NN)cc(N(Cc2ccco2)C2CC2)n1. The minimum absolute atomic E-state index is 0.252. The number of nitrogens with two attached hydrogens (primary N) is 1. The summed E-state index contributed by atoms with van der Waals surface area (Å²) in [5.74, 6) is 9.08. The van der Waals surface area contributed by atoms with Crippen molar-refractivity contribution in [3.8, 4) is 0 Å². The van der Waals surface area contributed by atoms with Crippen LogP contribution in [0.4, 0.5) is 11.6 Å². The summed E-state index contributed by atoms with van der Waals surface area (Å²) in [6.45, 7) is 4.87. The molecule has 2 aromatic heterocycles. The van der Waals surface area contributed by atoms with E-state index in [-0.39, 0.29) is 5.92 Å². The highest BCUT2D eigenvalue weighted by atomic mass is 16.3. The Morgan fingerprint density at radius 2 is 2.24 bits per heavy atom. The van der Waals surface area contributed by atoms with E-state index in [1.54, 1.807) is 6.26 Å². The third-order valence-electron chi connectivity index (χ3n) is 3.58. The van der Waals surface area contributed by atoms with E-state index >= 15 is 0 Å². The van der Waals surface area contributed by atoms with Crippen molar-refractivity contribution >= 4 is 11.6 Å². The molecule has 6 heteroatoms. The molecule has 0 unspecified atom stereocenters. The Hall–Kier alpha value is -2.08. The van der Waals surface area contributed by atoms with Gasteiger partial charge in [-0.05, 0) is 25.0 Å². The molecule has 3 N–H and O–H groups in total. The molecule has 0 saturated heterocycles. The van der Waals surface area contributed by atoms with E-state index < -0.39 is 0 Å². The van der Waals surface area contributed by atoms with E-state index in [1.165, 1.54) is 12.8 Å². The maximum absolute atomic E-state index is 5.54. The van der Waals surface area contributed by atoms with Crippen LogP contribution < -0.4 is 16.2 Å². The van der Waals surface area contributed by atoms with Crippen LogP contribution >= 0.6 is 0 Å². The Kier molecular flexibility index (Phi) is 3.79. The lowest BCUT2D eigenvalue weighted by Gasteiger charge is -2.23.